The summed E-state index contributed by atoms with van der Waals surface area (Å²) < 4.78 is 43.4. The molecule has 0 aliphatic carbocycles. The Morgan fingerprint density at radius 2 is 1.66 bits per heavy atom. The fourth-order valence-corrected chi connectivity index (χ4v) is 4.11. The highest BCUT2D eigenvalue weighted by Crippen LogP contribution is 2.30. The minimum absolute atomic E-state index is 0.0377. The molecule has 0 unspecified atom stereocenters. The molecule has 0 atom stereocenters. The number of rotatable bonds is 9. The first-order valence-corrected chi connectivity index (χ1v) is 11.2. The first-order valence-electron chi connectivity index (χ1n) is 9.34. The van der Waals surface area contributed by atoms with Crippen LogP contribution in [0, 0.1) is 0 Å². The molecule has 3 aromatic carbocycles. The number of methoxy groups -OCH3 is 2. The first kappa shape index (κ1) is 23.2. The predicted octanol–water partition coefficient (Wildman–Crippen LogP) is 4.18. The summed E-state index contributed by atoms with van der Waals surface area (Å²) in [6.45, 7) is -0.353. The fourth-order valence-electron chi connectivity index (χ4n) is 2.73. The highest BCUT2D eigenvalue weighted by Gasteiger charge is 2.17. The van der Waals surface area contributed by atoms with Crippen LogP contribution in [-0.4, -0.2) is 35.2 Å². The Hall–Kier alpha value is -3.43. The molecule has 0 heterocycles. The monoisotopic (exact) mass is 476 g/mol. The number of ether oxygens (including phenoxy) is 3. The average Bonchev–Trinajstić information content (AvgIpc) is 2.78. The van der Waals surface area contributed by atoms with Crippen LogP contribution in [0.2, 0.25) is 5.02 Å². The van der Waals surface area contributed by atoms with Crippen molar-refractivity contribution in [2.45, 2.75) is 4.90 Å². The molecule has 0 radical (unpaired) electrons. The predicted molar refractivity (Wildman–Crippen MR) is 122 cm³/mol. The number of halogens is 1. The zero-order valence-electron chi connectivity index (χ0n) is 17.3. The topological polar surface area (TPSA) is 103 Å². The number of para-hydroxylation sites is 1. The molecule has 0 aliphatic rings. The summed E-state index contributed by atoms with van der Waals surface area (Å²) in [7, 11) is -0.840. The SMILES string of the molecule is COc1ccc(OC)c(NC(=O)COc2ccc(S(=O)(=O)Nc3ccccc3)cc2Cl)c1. The molecule has 3 rings (SSSR count). The molecule has 168 valence electrons. The fraction of sp³-hybridized carbons (Fsp3) is 0.136. The molecule has 2 N–H and O–H groups in total. The van der Waals surface area contributed by atoms with Crippen molar-refractivity contribution in [3.8, 4) is 17.2 Å². The molecule has 0 spiro atoms. The summed E-state index contributed by atoms with van der Waals surface area (Å²) in [4.78, 5) is 12.3. The van der Waals surface area contributed by atoms with Crippen LogP contribution in [-0.2, 0) is 14.8 Å². The number of anilines is 2. The molecule has 32 heavy (non-hydrogen) atoms. The number of carbonyl (C=O) groups excluding carboxylic acids is 1. The number of sulfonamides is 1. The second-order valence-corrected chi connectivity index (χ2v) is 8.56. The van der Waals surface area contributed by atoms with E-state index in [4.69, 9.17) is 25.8 Å². The van der Waals surface area contributed by atoms with E-state index in [1.165, 1.54) is 32.4 Å². The van der Waals surface area contributed by atoms with Crippen molar-refractivity contribution in [1.29, 1.82) is 0 Å². The van der Waals surface area contributed by atoms with Gasteiger partial charge in [0.2, 0.25) is 0 Å². The van der Waals surface area contributed by atoms with Gasteiger partial charge in [0.05, 0.1) is 29.8 Å². The molecular formula is C22H21ClN2O6S. The van der Waals surface area contributed by atoms with Gasteiger partial charge in [-0.1, -0.05) is 29.8 Å². The van der Waals surface area contributed by atoms with Gasteiger partial charge in [0.15, 0.2) is 6.61 Å². The van der Waals surface area contributed by atoms with Gasteiger partial charge in [-0.15, -0.1) is 0 Å². The molecule has 10 heteroatoms. The lowest BCUT2D eigenvalue weighted by Crippen LogP contribution is -2.20. The maximum atomic E-state index is 12.6. The lowest BCUT2D eigenvalue weighted by atomic mass is 10.2. The van der Waals surface area contributed by atoms with Crippen LogP contribution >= 0.6 is 11.6 Å². The molecule has 0 bridgehead atoms. The van der Waals surface area contributed by atoms with E-state index in [2.05, 4.69) is 10.0 Å². The number of hydrogen-bond acceptors (Lipinski definition) is 6. The number of nitrogens with one attached hydrogen (secondary N) is 2. The third-order valence-electron chi connectivity index (χ3n) is 4.28. The number of amides is 1. The van der Waals surface area contributed by atoms with Crippen LogP contribution < -0.4 is 24.2 Å². The van der Waals surface area contributed by atoms with E-state index in [1.54, 1.807) is 48.5 Å². The molecule has 3 aromatic rings. The van der Waals surface area contributed by atoms with Gasteiger partial charge in [0, 0.05) is 11.8 Å². The normalized spacial score (nSPS) is 10.8. The van der Waals surface area contributed by atoms with Gasteiger partial charge >= 0.3 is 0 Å². The number of hydrogen-bond donors (Lipinski definition) is 2. The van der Waals surface area contributed by atoms with E-state index in [0.29, 0.717) is 22.9 Å². The van der Waals surface area contributed by atoms with Crippen molar-refractivity contribution < 1.29 is 27.4 Å². The Bertz CT molecular complexity index is 1200. The van der Waals surface area contributed by atoms with Crippen LogP contribution in [0.5, 0.6) is 17.2 Å². The zero-order chi connectivity index (χ0) is 23.1. The van der Waals surface area contributed by atoms with Crippen molar-refractivity contribution in [3.05, 3.63) is 71.8 Å². The standard InChI is InChI=1S/C22H21ClN2O6S/c1-29-16-8-10-21(30-2)19(12-16)24-22(26)14-31-20-11-9-17(13-18(20)23)32(27,28)25-15-6-4-3-5-7-15/h3-13,25H,14H2,1-2H3,(H,24,26). The highest BCUT2D eigenvalue weighted by atomic mass is 35.5. The van der Waals surface area contributed by atoms with Crippen molar-refractivity contribution in [2.24, 2.45) is 0 Å². The van der Waals surface area contributed by atoms with Crippen molar-refractivity contribution in [1.82, 2.24) is 0 Å². The molecule has 0 fully saturated rings. The summed E-state index contributed by atoms with van der Waals surface area (Å²) >= 11 is 6.18. The largest absolute Gasteiger partial charge is 0.497 e. The zero-order valence-corrected chi connectivity index (χ0v) is 18.9. The van der Waals surface area contributed by atoms with Gasteiger partial charge in [0.1, 0.15) is 17.2 Å². The third-order valence-corrected chi connectivity index (χ3v) is 5.95. The summed E-state index contributed by atoms with van der Waals surface area (Å²) in [6.07, 6.45) is 0. The minimum atomic E-state index is -3.83. The van der Waals surface area contributed by atoms with Crippen LogP contribution in [0.15, 0.2) is 71.6 Å². The van der Waals surface area contributed by atoms with E-state index >= 15 is 0 Å². The van der Waals surface area contributed by atoms with Gasteiger partial charge in [-0.2, -0.15) is 0 Å². The van der Waals surface area contributed by atoms with Crippen LogP contribution in [0.1, 0.15) is 0 Å². The van der Waals surface area contributed by atoms with Gasteiger partial charge in [-0.3, -0.25) is 9.52 Å². The maximum absolute atomic E-state index is 12.6. The Kier molecular flexibility index (Phi) is 7.45. The van der Waals surface area contributed by atoms with Crippen molar-refractivity contribution in [2.75, 3.05) is 30.9 Å². The van der Waals surface area contributed by atoms with E-state index in [1.807, 2.05) is 0 Å². The van der Waals surface area contributed by atoms with Crippen LogP contribution in [0.3, 0.4) is 0 Å². The van der Waals surface area contributed by atoms with E-state index < -0.39 is 15.9 Å². The van der Waals surface area contributed by atoms with E-state index in [9.17, 15) is 13.2 Å². The number of benzene rings is 3. The molecule has 0 saturated heterocycles. The second kappa shape index (κ2) is 10.3. The molecule has 1 amide bonds. The Balaban J connectivity index is 1.66. The Labute approximate surface area is 191 Å². The molecular weight excluding hydrogens is 456 g/mol. The molecule has 0 aliphatic heterocycles. The summed E-state index contributed by atoms with van der Waals surface area (Å²) in [5.74, 6) is 0.705. The smallest absolute Gasteiger partial charge is 0.262 e. The van der Waals surface area contributed by atoms with Crippen LogP contribution in [0.4, 0.5) is 11.4 Å². The third kappa shape index (κ3) is 5.83. The van der Waals surface area contributed by atoms with E-state index in [0.717, 1.165) is 0 Å². The van der Waals surface area contributed by atoms with Gasteiger partial charge < -0.3 is 19.5 Å². The van der Waals surface area contributed by atoms with Gasteiger partial charge in [0.25, 0.3) is 15.9 Å². The van der Waals surface area contributed by atoms with Crippen molar-refractivity contribution >= 4 is 38.9 Å². The summed E-state index contributed by atoms with van der Waals surface area (Å²) in [5.41, 5.74) is 0.841. The lowest BCUT2D eigenvalue weighted by molar-refractivity contribution is -0.118. The molecule has 0 saturated carbocycles. The summed E-state index contributed by atoms with van der Waals surface area (Å²) in [5, 5.41) is 2.72. The maximum Gasteiger partial charge on any atom is 0.262 e. The second-order valence-electron chi connectivity index (χ2n) is 6.47. The first-order chi connectivity index (χ1) is 15.3. The van der Waals surface area contributed by atoms with Crippen LogP contribution in [0.25, 0.3) is 0 Å². The minimum Gasteiger partial charge on any atom is -0.497 e. The average molecular weight is 477 g/mol. The molecule has 0 aromatic heterocycles. The van der Waals surface area contributed by atoms with E-state index in [-0.39, 0.29) is 22.3 Å². The Morgan fingerprint density at radius 1 is 0.938 bits per heavy atom. The highest BCUT2D eigenvalue weighted by molar-refractivity contribution is 7.92. The quantitative estimate of drug-likeness (QED) is 0.480. The summed E-state index contributed by atoms with van der Waals surface area (Å²) in [6, 6.07) is 17.4. The van der Waals surface area contributed by atoms with Crippen molar-refractivity contribution in [3.63, 3.8) is 0 Å². The Morgan fingerprint density at radius 3 is 2.31 bits per heavy atom. The van der Waals surface area contributed by atoms with Gasteiger partial charge in [-0.25, -0.2) is 8.42 Å². The molecule has 8 nitrogen and oxygen atoms in total. The van der Waals surface area contributed by atoms with Gasteiger partial charge in [-0.05, 0) is 42.5 Å². The lowest BCUT2D eigenvalue weighted by Gasteiger charge is -2.13. The number of carbonyl (C=O) groups is 1.